The van der Waals surface area contributed by atoms with Gasteiger partial charge in [-0.2, -0.15) is 5.10 Å². The van der Waals surface area contributed by atoms with Gasteiger partial charge in [0.2, 0.25) is 5.91 Å². The quantitative estimate of drug-likeness (QED) is 0.569. The molecule has 7 heteroatoms. The standard InChI is InChI=1S/C27H31N5O2/c1-34-26-9-7-24(8-10-26)30-15-17-31(18-16-30)27(33)21-29-13-11-22(12-14-29)23-19-28-32(20-23)25-5-3-2-4-6-25/h2-11,19-20H,12-18,21H2,1H3. The number of methoxy groups -OCH3 is 1. The number of hydrogen-bond donors (Lipinski definition) is 0. The molecule has 0 spiro atoms. The molecule has 34 heavy (non-hydrogen) atoms. The summed E-state index contributed by atoms with van der Waals surface area (Å²) in [5, 5.41) is 4.52. The van der Waals surface area contributed by atoms with Crippen LogP contribution in [0.3, 0.4) is 0 Å². The van der Waals surface area contributed by atoms with Gasteiger partial charge in [0.05, 0.1) is 25.5 Å². The van der Waals surface area contributed by atoms with E-state index in [2.05, 4.69) is 51.4 Å². The molecule has 3 aromatic rings. The molecule has 1 fully saturated rings. The molecule has 0 radical (unpaired) electrons. The largest absolute Gasteiger partial charge is 0.497 e. The van der Waals surface area contributed by atoms with Gasteiger partial charge in [-0.25, -0.2) is 4.68 Å². The van der Waals surface area contributed by atoms with Crippen LogP contribution in [0.4, 0.5) is 5.69 Å². The molecule has 0 atom stereocenters. The van der Waals surface area contributed by atoms with E-state index in [1.807, 2.05) is 46.1 Å². The lowest BCUT2D eigenvalue weighted by molar-refractivity contribution is -0.132. The Morgan fingerprint density at radius 1 is 0.941 bits per heavy atom. The molecule has 0 unspecified atom stereocenters. The molecule has 0 saturated carbocycles. The molecule has 3 heterocycles. The highest BCUT2D eigenvalue weighted by Gasteiger charge is 2.24. The Bertz CT molecular complexity index is 1130. The Labute approximate surface area is 200 Å². The third kappa shape index (κ3) is 4.99. The zero-order valence-corrected chi connectivity index (χ0v) is 19.6. The molecular weight excluding hydrogens is 426 g/mol. The maximum Gasteiger partial charge on any atom is 0.236 e. The molecule has 5 rings (SSSR count). The van der Waals surface area contributed by atoms with Crippen molar-refractivity contribution in [3.63, 3.8) is 0 Å². The number of carbonyl (C=O) groups is 1. The Morgan fingerprint density at radius 3 is 2.38 bits per heavy atom. The molecule has 2 aliphatic heterocycles. The van der Waals surface area contributed by atoms with Gasteiger partial charge >= 0.3 is 0 Å². The average molecular weight is 458 g/mol. The number of amides is 1. The fourth-order valence-electron chi connectivity index (χ4n) is 4.63. The molecule has 176 valence electrons. The van der Waals surface area contributed by atoms with E-state index in [-0.39, 0.29) is 5.91 Å². The zero-order chi connectivity index (χ0) is 23.3. The number of nitrogens with zero attached hydrogens (tertiary/aromatic N) is 5. The summed E-state index contributed by atoms with van der Waals surface area (Å²) in [5.74, 6) is 1.09. The van der Waals surface area contributed by atoms with Crippen LogP contribution in [0.25, 0.3) is 11.3 Å². The second-order valence-electron chi connectivity index (χ2n) is 8.79. The topological polar surface area (TPSA) is 53.8 Å². The van der Waals surface area contributed by atoms with Crippen molar-refractivity contribution in [2.75, 3.05) is 57.8 Å². The van der Waals surface area contributed by atoms with Crippen molar-refractivity contribution in [2.24, 2.45) is 0 Å². The molecule has 0 bridgehead atoms. The minimum absolute atomic E-state index is 0.225. The van der Waals surface area contributed by atoms with Gasteiger partial charge < -0.3 is 14.5 Å². The highest BCUT2D eigenvalue weighted by molar-refractivity contribution is 5.79. The number of anilines is 1. The number of aromatic nitrogens is 2. The monoisotopic (exact) mass is 457 g/mol. The molecule has 0 N–H and O–H groups in total. The highest BCUT2D eigenvalue weighted by atomic mass is 16.5. The first-order chi connectivity index (χ1) is 16.7. The molecule has 7 nitrogen and oxygen atoms in total. The Kier molecular flexibility index (Phi) is 6.62. The van der Waals surface area contributed by atoms with E-state index >= 15 is 0 Å². The smallest absolute Gasteiger partial charge is 0.236 e. The van der Waals surface area contributed by atoms with Crippen molar-refractivity contribution in [2.45, 2.75) is 6.42 Å². The van der Waals surface area contributed by atoms with Crippen LogP contribution in [0.15, 0.2) is 73.1 Å². The van der Waals surface area contributed by atoms with Crippen LogP contribution in [0.2, 0.25) is 0 Å². The summed E-state index contributed by atoms with van der Waals surface area (Å²) in [6.45, 7) is 5.40. The van der Waals surface area contributed by atoms with Crippen LogP contribution >= 0.6 is 0 Å². The van der Waals surface area contributed by atoms with Gasteiger partial charge in [0.15, 0.2) is 0 Å². The summed E-state index contributed by atoms with van der Waals surface area (Å²) in [6, 6.07) is 18.3. The van der Waals surface area contributed by atoms with E-state index in [0.717, 1.165) is 62.7 Å². The number of ether oxygens (including phenoxy) is 1. The fourth-order valence-corrected chi connectivity index (χ4v) is 4.63. The van der Waals surface area contributed by atoms with Gasteiger partial charge in [-0.1, -0.05) is 24.3 Å². The molecule has 2 aromatic carbocycles. The minimum atomic E-state index is 0.225. The summed E-state index contributed by atoms with van der Waals surface area (Å²) >= 11 is 0. The fraction of sp³-hybridized carbons (Fsp3) is 0.333. The van der Waals surface area contributed by atoms with Crippen LogP contribution < -0.4 is 9.64 Å². The zero-order valence-electron chi connectivity index (χ0n) is 19.6. The third-order valence-electron chi connectivity index (χ3n) is 6.70. The third-order valence-corrected chi connectivity index (χ3v) is 6.70. The number of hydrogen-bond acceptors (Lipinski definition) is 5. The number of rotatable bonds is 6. The van der Waals surface area contributed by atoms with Crippen LogP contribution in [0, 0.1) is 0 Å². The molecule has 1 amide bonds. The summed E-state index contributed by atoms with van der Waals surface area (Å²) in [4.78, 5) is 19.5. The lowest BCUT2D eigenvalue weighted by Gasteiger charge is -2.37. The summed E-state index contributed by atoms with van der Waals surface area (Å²) < 4.78 is 7.16. The van der Waals surface area contributed by atoms with E-state index < -0.39 is 0 Å². The first-order valence-corrected chi connectivity index (χ1v) is 11.9. The van der Waals surface area contributed by atoms with E-state index in [1.165, 1.54) is 11.3 Å². The minimum Gasteiger partial charge on any atom is -0.497 e. The summed E-state index contributed by atoms with van der Waals surface area (Å²) in [7, 11) is 1.68. The van der Waals surface area contributed by atoms with Crippen molar-refractivity contribution in [1.82, 2.24) is 19.6 Å². The predicted molar refractivity (Wildman–Crippen MR) is 134 cm³/mol. The molecular formula is C27H31N5O2. The lowest BCUT2D eigenvalue weighted by atomic mass is 10.0. The van der Waals surface area contributed by atoms with Gasteiger partial charge in [-0.05, 0) is 48.4 Å². The van der Waals surface area contributed by atoms with Gasteiger partial charge in [0.25, 0.3) is 0 Å². The van der Waals surface area contributed by atoms with Crippen molar-refractivity contribution >= 4 is 17.2 Å². The molecule has 0 aliphatic carbocycles. The Balaban J connectivity index is 1.11. The van der Waals surface area contributed by atoms with Crippen LogP contribution in [-0.4, -0.2) is 78.4 Å². The second kappa shape index (κ2) is 10.1. The Morgan fingerprint density at radius 2 is 1.71 bits per heavy atom. The summed E-state index contributed by atoms with van der Waals surface area (Å²) in [5.41, 5.74) is 4.70. The molecule has 2 aliphatic rings. The van der Waals surface area contributed by atoms with Gasteiger partial charge in [0.1, 0.15) is 5.75 Å². The maximum atomic E-state index is 12.9. The first-order valence-electron chi connectivity index (χ1n) is 11.9. The van der Waals surface area contributed by atoms with E-state index in [4.69, 9.17) is 4.74 Å². The number of carbonyl (C=O) groups excluding carboxylic acids is 1. The van der Waals surface area contributed by atoms with Crippen molar-refractivity contribution in [3.8, 4) is 11.4 Å². The van der Waals surface area contributed by atoms with Crippen LogP contribution in [0.5, 0.6) is 5.75 Å². The lowest BCUT2D eigenvalue weighted by Crippen LogP contribution is -2.51. The van der Waals surface area contributed by atoms with Crippen molar-refractivity contribution < 1.29 is 9.53 Å². The van der Waals surface area contributed by atoms with Crippen LogP contribution in [0.1, 0.15) is 12.0 Å². The predicted octanol–water partition coefficient (Wildman–Crippen LogP) is 3.32. The first kappa shape index (κ1) is 22.2. The second-order valence-corrected chi connectivity index (χ2v) is 8.79. The molecule has 1 aromatic heterocycles. The number of benzene rings is 2. The SMILES string of the molecule is COc1ccc(N2CCN(C(=O)CN3CC=C(c4cnn(-c5ccccc5)c4)CC3)CC2)cc1. The number of piperazine rings is 1. The highest BCUT2D eigenvalue weighted by Crippen LogP contribution is 2.24. The van der Waals surface area contributed by atoms with Crippen LogP contribution in [-0.2, 0) is 4.79 Å². The van der Waals surface area contributed by atoms with Gasteiger partial charge in [-0.15, -0.1) is 0 Å². The Hall–Kier alpha value is -3.58. The van der Waals surface area contributed by atoms with Crippen molar-refractivity contribution in [1.29, 1.82) is 0 Å². The van der Waals surface area contributed by atoms with E-state index in [9.17, 15) is 4.79 Å². The normalized spacial score (nSPS) is 16.9. The van der Waals surface area contributed by atoms with E-state index in [1.54, 1.807) is 7.11 Å². The average Bonchev–Trinajstić information content (AvgIpc) is 3.40. The van der Waals surface area contributed by atoms with E-state index in [0.29, 0.717) is 6.54 Å². The summed E-state index contributed by atoms with van der Waals surface area (Å²) in [6.07, 6.45) is 7.19. The number of para-hydroxylation sites is 1. The molecule has 1 saturated heterocycles. The maximum absolute atomic E-state index is 12.9. The van der Waals surface area contributed by atoms with Gasteiger partial charge in [-0.3, -0.25) is 9.69 Å². The van der Waals surface area contributed by atoms with Gasteiger partial charge in [0, 0.05) is 56.7 Å². The van der Waals surface area contributed by atoms with Crippen molar-refractivity contribution in [3.05, 3.63) is 78.6 Å².